The number of pyridine rings is 1. The number of carbonyl (C=O) groups is 3. The molecule has 0 spiro atoms. The number of amides is 3. The van der Waals surface area contributed by atoms with Crippen molar-refractivity contribution in [1.29, 1.82) is 0 Å². The van der Waals surface area contributed by atoms with E-state index in [1.165, 1.54) is 23.3 Å². The zero-order valence-corrected chi connectivity index (χ0v) is 31.5. The average Bonchev–Trinajstić information content (AvgIpc) is 3.17. The summed E-state index contributed by atoms with van der Waals surface area (Å²) in [6.45, 7) is 5.73. The maximum absolute atomic E-state index is 13.9. The monoisotopic (exact) mass is 756 g/mol. The molecule has 3 N–H and O–H groups in total. The van der Waals surface area contributed by atoms with Crippen molar-refractivity contribution in [2.75, 3.05) is 64.7 Å². The maximum Gasteiger partial charge on any atom is 0.261 e. The van der Waals surface area contributed by atoms with Gasteiger partial charge < -0.3 is 30.4 Å². The lowest BCUT2D eigenvalue weighted by Gasteiger charge is -2.39. The number of halogens is 1. The molecule has 286 valence electrons. The fourth-order valence-electron chi connectivity index (χ4n) is 7.18. The Bertz CT molecular complexity index is 1980. The van der Waals surface area contributed by atoms with Crippen LogP contribution in [-0.4, -0.2) is 117 Å². The van der Waals surface area contributed by atoms with E-state index >= 15 is 0 Å². The fraction of sp³-hybridized carbons (Fsp3) is 0.450. The van der Waals surface area contributed by atoms with Gasteiger partial charge in [0, 0.05) is 82.8 Å². The number of likely N-dealkylation sites (tertiary alicyclic amines) is 1. The lowest BCUT2D eigenvalue weighted by atomic mass is 9.88. The second kappa shape index (κ2) is 18.1. The first-order chi connectivity index (χ1) is 26.1. The first-order valence-corrected chi connectivity index (χ1v) is 19.1. The topological polar surface area (TPSA) is 153 Å². The molecule has 54 heavy (non-hydrogen) atoms. The number of benzene rings is 2. The molecule has 6 rings (SSSR count). The molecule has 0 bridgehead atoms. The number of rotatable bonds is 14. The summed E-state index contributed by atoms with van der Waals surface area (Å²) in [7, 11) is 2.10. The lowest BCUT2D eigenvalue weighted by molar-refractivity contribution is -0.140. The van der Waals surface area contributed by atoms with Crippen LogP contribution in [0.1, 0.15) is 48.0 Å². The Morgan fingerprint density at radius 3 is 2.50 bits per heavy atom. The summed E-state index contributed by atoms with van der Waals surface area (Å²) in [5.41, 5.74) is 0.929. The number of nitrogens with zero attached hydrogens (tertiary/aromatic N) is 6. The Balaban J connectivity index is 1.02. The maximum atomic E-state index is 13.9. The molecular formula is C40H49ClN8O5. The molecule has 2 fully saturated rings. The third-order valence-electron chi connectivity index (χ3n) is 10.5. The van der Waals surface area contributed by atoms with Crippen molar-refractivity contribution < 1.29 is 19.5 Å². The van der Waals surface area contributed by atoms with Gasteiger partial charge in [0.2, 0.25) is 11.8 Å². The summed E-state index contributed by atoms with van der Waals surface area (Å²) in [6, 6.07) is 16.5. The molecule has 3 amide bonds. The summed E-state index contributed by atoms with van der Waals surface area (Å²) < 4.78 is 1.43. The molecular weight excluding hydrogens is 708 g/mol. The minimum Gasteiger partial charge on any atom is -0.388 e. The molecule has 4 heterocycles. The Morgan fingerprint density at radius 1 is 1.00 bits per heavy atom. The SMILES string of the molecule is CN1CCN(CCC(=O)Nc2ccc3c(=O)n(CC4(O)CCN(C(=O)C(CCCNC(=O)c5cnccc5Cl)Cc5ccccc5)CC4)cnc3c2)CC1. The van der Waals surface area contributed by atoms with E-state index in [-0.39, 0.29) is 35.7 Å². The molecule has 2 aliphatic rings. The van der Waals surface area contributed by atoms with E-state index in [0.717, 1.165) is 31.7 Å². The van der Waals surface area contributed by atoms with Crippen LogP contribution in [0.25, 0.3) is 10.9 Å². The van der Waals surface area contributed by atoms with E-state index in [1.54, 1.807) is 29.2 Å². The van der Waals surface area contributed by atoms with E-state index in [0.29, 0.717) is 91.9 Å². The van der Waals surface area contributed by atoms with Crippen molar-refractivity contribution in [2.24, 2.45) is 5.92 Å². The number of likely N-dealkylation sites (N-methyl/N-ethyl adjacent to an activating group) is 1. The molecule has 2 saturated heterocycles. The summed E-state index contributed by atoms with van der Waals surface area (Å²) in [6.07, 6.45) is 7.11. The molecule has 2 aromatic carbocycles. The summed E-state index contributed by atoms with van der Waals surface area (Å²) in [4.78, 5) is 67.5. The van der Waals surface area contributed by atoms with Gasteiger partial charge in [0.1, 0.15) is 0 Å². The number of hydrogen-bond acceptors (Lipinski definition) is 9. The third kappa shape index (κ3) is 10.3. The quantitative estimate of drug-likeness (QED) is 0.164. The minimum atomic E-state index is -1.19. The number of aromatic nitrogens is 3. The second-order valence-electron chi connectivity index (χ2n) is 14.5. The van der Waals surface area contributed by atoms with E-state index in [4.69, 9.17) is 11.6 Å². The third-order valence-corrected chi connectivity index (χ3v) is 10.9. The average molecular weight is 757 g/mol. The Hall–Kier alpha value is -4.69. The highest BCUT2D eigenvalue weighted by Crippen LogP contribution is 2.27. The zero-order valence-electron chi connectivity index (χ0n) is 30.8. The molecule has 2 aromatic heterocycles. The number of anilines is 1. The van der Waals surface area contributed by atoms with Gasteiger partial charge in [0.25, 0.3) is 11.5 Å². The highest BCUT2D eigenvalue weighted by Gasteiger charge is 2.36. The number of hydrogen-bond donors (Lipinski definition) is 3. The van der Waals surface area contributed by atoms with Crippen LogP contribution >= 0.6 is 11.6 Å². The number of piperidine rings is 1. The molecule has 13 nitrogen and oxygen atoms in total. The molecule has 2 aliphatic heterocycles. The van der Waals surface area contributed by atoms with Crippen LogP contribution in [0.3, 0.4) is 0 Å². The van der Waals surface area contributed by atoms with Crippen molar-refractivity contribution in [3.63, 3.8) is 0 Å². The van der Waals surface area contributed by atoms with Gasteiger partial charge in [0.15, 0.2) is 0 Å². The molecule has 4 aromatic rings. The van der Waals surface area contributed by atoms with E-state index in [2.05, 4.69) is 37.4 Å². The van der Waals surface area contributed by atoms with Gasteiger partial charge in [-0.15, -0.1) is 0 Å². The van der Waals surface area contributed by atoms with Crippen LogP contribution in [0.2, 0.25) is 5.02 Å². The largest absolute Gasteiger partial charge is 0.388 e. The minimum absolute atomic E-state index is 0.00861. The van der Waals surface area contributed by atoms with E-state index < -0.39 is 5.60 Å². The Morgan fingerprint density at radius 2 is 1.76 bits per heavy atom. The normalized spacial score (nSPS) is 16.9. The van der Waals surface area contributed by atoms with Crippen LogP contribution in [-0.2, 0) is 22.6 Å². The van der Waals surface area contributed by atoms with Crippen LogP contribution in [0, 0.1) is 5.92 Å². The molecule has 1 unspecified atom stereocenters. The van der Waals surface area contributed by atoms with Crippen molar-refractivity contribution in [3.8, 4) is 0 Å². The highest BCUT2D eigenvalue weighted by molar-refractivity contribution is 6.33. The van der Waals surface area contributed by atoms with Crippen molar-refractivity contribution >= 4 is 45.9 Å². The van der Waals surface area contributed by atoms with Crippen molar-refractivity contribution in [2.45, 2.75) is 50.7 Å². The van der Waals surface area contributed by atoms with Gasteiger partial charge in [-0.05, 0) is 69.0 Å². The van der Waals surface area contributed by atoms with Crippen molar-refractivity contribution in [1.82, 2.24) is 34.6 Å². The van der Waals surface area contributed by atoms with Gasteiger partial charge >= 0.3 is 0 Å². The molecule has 0 saturated carbocycles. The molecule has 0 radical (unpaired) electrons. The Kier molecular flexibility index (Phi) is 13.1. The fourth-order valence-corrected chi connectivity index (χ4v) is 7.37. The van der Waals surface area contributed by atoms with Gasteiger partial charge in [-0.2, -0.15) is 0 Å². The Labute approximate surface area is 320 Å². The molecule has 1 atom stereocenters. The predicted molar refractivity (Wildman–Crippen MR) is 208 cm³/mol. The van der Waals surface area contributed by atoms with E-state index in [1.807, 2.05) is 30.3 Å². The summed E-state index contributed by atoms with van der Waals surface area (Å²) in [5, 5.41) is 18.1. The zero-order chi connectivity index (χ0) is 38.1. The number of aliphatic hydroxyl groups is 1. The lowest BCUT2D eigenvalue weighted by Crippen LogP contribution is -2.51. The first-order valence-electron chi connectivity index (χ1n) is 18.7. The van der Waals surface area contributed by atoms with Crippen LogP contribution in [0.4, 0.5) is 5.69 Å². The number of piperazine rings is 1. The number of carbonyl (C=O) groups excluding carboxylic acids is 3. The highest BCUT2D eigenvalue weighted by atomic mass is 35.5. The molecule has 14 heteroatoms. The molecule has 0 aliphatic carbocycles. The number of fused-ring (bicyclic) bond motifs is 1. The number of nitrogens with one attached hydrogen (secondary N) is 2. The first kappa shape index (κ1) is 39.0. The summed E-state index contributed by atoms with van der Waals surface area (Å²) in [5.74, 6) is -0.697. The van der Waals surface area contributed by atoms with Crippen LogP contribution in [0.15, 0.2) is 78.1 Å². The smallest absolute Gasteiger partial charge is 0.261 e. The van der Waals surface area contributed by atoms with Gasteiger partial charge in [-0.1, -0.05) is 41.9 Å². The van der Waals surface area contributed by atoms with Gasteiger partial charge in [0.05, 0.1) is 40.0 Å². The second-order valence-corrected chi connectivity index (χ2v) is 14.9. The van der Waals surface area contributed by atoms with Crippen LogP contribution < -0.4 is 16.2 Å². The predicted octanol–water partition coefficient (Wildman–Crippen LogP) is 3.44. The van der Waals surface area contributed by atoms with E-state index in [9.17, 15) is 24.3 Å². The van der Waals surface area contributed by atoms with Crippen LogP contribution in [0.5, 0.6) is 0 Å². The summed E-state index contributed by atoms with van der Waals surface area (Å²) >= 11 is 6.14. The van der Waals surface area contributed by atoms with Gasteiger partial charge in [-0.3, -0.25) is 28.7 Å². The van der Waals surface area contributed by atoms with Gasteiger partial charge in [-0.25, -0.2) is 4.98 Å². The van der Waals surface area contributed by atoms with Crippen molar-refractivity contribution in [3.05, 3.63) is 99.8 Å². The standard InChI is InChI=1S/C40H49ClN8O5/c1-46-20-22-47(23-21-46)17-12-36(50)45-31-9-10-32-35(25-31)44-28-49(39(32)53)27-40(54)13-18-48(19-14-40)38(52)30(24-29-6-3-2-4-7-29)8-5-15-43-37(51)33-26-42-16-11-34(33)41/h2-4,6-7,9-11,16,25-26,28,30,54H,5,8,12-15,17-24,27H2,1H3,(H,43,51)(H,45,50).